The fourth-order valence-electron chi connectivity index (χ4n) is 0.574. The van der Waals surface area contributed by atoms with Gasteiger partial charge in [-0.1, -0.05) is 6.58 Å². The second-order valence-electron chi connectivity index (χ2n) is 2.37. The summed E-state index contributed by atoms with van der Waals surface area (Å²) < 4.78 is 4.11. The van der Waals surface area contributed by atoms with Gasteiger partial charge in [0.05, 0.1) is 7.11 Å². The maximum absolute atomic E-state index is 11.0. The number of ether oxygens (including phenoxy) is 1. The van der Waals surface area contributed by atoms with E-state index in [1.807, 2.05) is 0 Å². The van der Waals surface area contributed by atoms with Crippen LogP contribution in [0.2, 0.25) is 0 Å². The number of esters is 1. The molecule has 68 valence electrons. The molecule has 0 bridgehead atoms. The van der Waals surface area contributed by atoms with E-state index in [1.54, 1.807) is 0 Å². The number of ketones is 1. The van der Waals surface area contributed by atoms with Crippen molar-refractivity contribution < 1.29 is 19.4 Å². The third-order valence-electron chi connectivity index (χ3n) is 1.23. The van der Waals surface area contributed by atoms with E-state index in [9.17, 15) is 9.59 Å². The summed E-state index contributed by atoms with van der Waals surface area (Å²) in [4.78, 5) is 21.7. The van der Waals surface area contributed by atoms with Gasteiger partial charge < -0.3 is 9.84 Å². The molecule has 3 N–H and O–H groups in total. The van der Waals surface area contributed by atoms with E-state index in [4.69, 9.17) is 10.8 Å². The highest BCUT2D eigenvalue weighted by atomic mass is 16.5. The molecule has 0 aromatic carbocycles. The van der Waals surface area contributed by atoms with Gasteiger partial charge >= 0.3 is 5.97 Å². The number of methoxy groups -OCH3 is 1. The van der Waals surface area contributed by atoms with Crippen molar-refractivity contribution in [1.82, 2.24) is 0 Å². The molecule has 0 heterocycles. The molecule has 0 saturated heterocycles. The summed E-state index contributed by atoms with van der Waals surface area (Å²) in [5.41, 5.74) is 2.37. The minimum absolute atomic E-state index is 0.00889. The summed E-state index contributed by atoms with van der Waals surface area (Å²) in [6, 6.07) is 0. The normalized spacial score (nSPS) is 14.7. The van der Waals surface area contributed by atoms with Crippen LogP contribution in [0.15, 0.2) is 12.2 Å². The molecule has 0 amide bonds. The fourth-order valence-corrected chi connectivity index (χ4v) is 0.574. The minimum Gasteiger partial charge on any atom is -0.465 e. The summed E-state index contributed by atoms with van der Waals surface area (Å²) in [5.74, 6) is -2.15. The van der Waals surface area contributed by atoms with Crippen molar-refractivity contribution >= 4 is 11.8 Å². The monoisotopic (exact) mass is 173 g/mol. The van der Waals surface area contributed by atoms with Crippen molar-refractivity contribution in [2.75, 3.05) is 7.11 Å². The van der Waals surface area contributed by atoms with Gasteiger partial charge in [0.15, 0.2) is 0 Å². The maximum atomic E-state index is 11.0. The third kappa shape index (κ3) is 1.90. The second kappa shape index (κ2) is 3.46. The molecule has 5 nitrogen and oxygen atoms in total. The molecule has 0 aliphatic heterocycles. The van der Waals surface area contributed by atoms with Crippen molar-refractivity contribution in [2.24, 2.45) is 5.73 Å². The second-order valence-corrected chi connectivity index (χ2v) is 2.37. The summed E-state index contributed by atoms with van der Waals surface area (Å²) in [5, 5.41) is 9.11. The lowest BCUT2D eigenvalue weighted by atomic mass is 10.0. The van der Waals surface area contributed by atoms with Crippen LogP contribution >= 0.6 is 0 Å². The molecule has 5 heteroatoms. The van der Waals surface area contributed by atoms with Gasteiger partial charge in [-0.3, -0.25) is 10.5 Å². The lowest BCUT2D eigenvalue weighted by Gasteiger charge is -2.17. The first-order chi connectivity index (χ1) is 5.34. The molecule has 0 spiro atoms. The highest BCUT2D eigenvalue weighted by molar-refractivity contribution is 6.13. The number of nitrogens with two attached hydrogens (primary N) is 1. The molecular weight excluding hydrogens is 162 g/mol. The molecule has 0 saturated carbocycles. The highest BCUT2D eigenvalue weighted by Crippen LogP contribution is 2.06. The molecular formula is C7H11NO4. The number of hydrogen-bond acceptors (Lipinski definition) is 5. The molecule has 1 atom stereocenters. The third-order valence-corrected chi connectivity index (χ3v) is 1.23. The van der Waals surface area contributed by atoms with Crippen molar-refractivity contribution in [3.8, 4) is 0 Å². The Labute approximate surface area is 69.8 Å². The number of aliphatic hydroxyl groups is 1. The van der Waals surface area contributed by atoms with Crippen molar-refractivity contribution in [3.05, 3.63) is 12.2 Å². The van der Waals surface area contributed by atoms with Crippen LogP contribution in [0, 0.1) is 0 Å². The van der Waals surface area contributed by atoms with Crippen LogP contribution in [0.5, 0.6) is 0 Å². The van der Waals surface area contributed by atoms with Crippen molar-refractivity contribution in [1.29, 1.82) is 0 Å². The quantitative estimate of drug-likeness (QED) is 0.246. The van der Waals surface area contributed by atoms with Gasteiger partial charge in [-0.15, -0.1) is 0 Å². The van der Waals surface area contributed by atoms with Crippen LogP contribution in [0.4, 0.5) is 0 Å². The van der Waals surface area contributed by atoms with Gasteiger partial charge in [0.25, 0.3) is 5.72 Å². The van der Waals surface area contributed by atoms with Crippen LogP contribution in [-0.2, 0) is 14.3 Å². The Kier molecular flexibility index (Phi) is 3.12. The van der Waals surface area contributed by atoms with E-state index in [0.717, 1.165) is 7.11 Å². The minimum atomic E-state index is -2.61. The SMILES string of the molecule is C=C(C)C(=O)C(N)(O)C(=O)OC. The molecule has 0 aromatic heterocycles. The van der Waals surface area contributed by atoms with E-state index in [1.165, 1.54) is 6.92 Å². The zero-order valence-corrected chi connectivity index (χ0v) is 6.96. The van der Waals surface area contributed by atoms with Crippen LogP contribution in [0.25, 0.3) is 0 Å². The fraction of sp³-hybridized carbons (Fsp3) is 0.429. The van der Waals surface area contributed by atoms with Gasteiger partial charge in [-0.05, 0) is 12.5 Å². The number of rotatable bonds is 3. The van der Waals surface area contributed by atoms with Crippen molar-refractivity contribution in [2.45, 2.75) is 12.6 Å². The molecule has 0 aliphatic rings. The van der Waals surface area contributed by atoms with E-state index < -0.39 is 17.5 Å². The van der Waals surface area contributed by atoms with Crippen molar-refractivity contribution in [3.63, 3.8) is 0 Å². The summed E-state index contributed by atoms with van der Waals surface area (Å²) >= 11 is 0. The summed E-state index contributed by atoms with van der Waals surface area (Å²) in [6.07, 6.45) is 0. The number of hydrogen-bond donors (Lipinski definition) is 2. The predicted octanol–water partition coefficient (Wildman–Crippen LogP) is -1.05. The Hall–Kier alpha value is -1.20. The smallest absolute Gasteiger partial charge is 0.361 e. The number of carbonyl (C=O) groups excluding carboxylic acids is 2. The molecule has 0 aliphatic carbocycles. The lowest BCUT2D eigenvalue weighted by Crippen LogP contribution is -2.55. The Morgan fingerprint density at radius 3 is 2.25 bits per heavy atom. The Bertz CT molecular complexity index is 232. The summed E-state index contributed by atoms with van der Waals surface area (Å²) in [6.45, 7) is 4.58. The van der Waals surface area contributed by atoms with Crippen LogP contribution in [-0.4, -0.2) is 29.7 Å². The molecule has 0 aromatic rings. The largest absolute Gasteiger partial charge is 0.465 e. The first kappa shape index (κ1) is 10.8. The predicted molar refractivity (Wildman–Crippen MR) is 41.0 cm³/mol. The van der Waals surface area contributed by atoms with E-state index in [2.05, 4.69) is 11.3 Å². The zero-order chi connectivity index (χ0) is 9.94. The Morgan fingerprint density at radius 1 is 1.58 bits per heavy atom. The number of Topliss-reactive ketones (excluding diaryl/α,β-unsaturated/α-hetero) is 1. The number of carbonyl (C=O) groups is 2. The van der Waals surface area contributed by atoms with E-state index in [-0.39, 0.29) is 5.57 Å². The Balaban J connectivity index is 4.73. The Morgan fingerprint density at radius 2 is 2.00 bits per heavy atom. The molecule has 0 radical (unpaired) electrons. The van der Waals surface area contributed by atoms with Gasteiger partial charge in [-0.25, -0.2) is 4.79 Å². The molecule has 1 unspecified atom stereocenters. The molecule has 12 heavy (non-hydrogen) atoms. The maximum Gasteiger partial charge on any atom is 0.361 e. The van der Waals surface area contributed by atoms with Crippen LogP contribution in [0.3, 0.4) is 0 Å². The van der Waals surface area contributed by atoms with E-state index >= 15 is 0 Å². The van der Waals surface area contributed by atoms with Gasteiger partial charge in [0, 0.05) is 0 Å². The van der Waals surface area contributed by atoms with E-state index in [0.29, 0.717) is 0 Å². The average Bonchev–Trinajstić information content (AvgIpc) is 2.01. The first-order valence-corrected chi connectivity index (χ1v) is 3.14. The van der Waals surface area contributed by atoms with Gasteiger partial charge in [0.1, 0.15) is 0 Å². The highest BCUT2D eigenvalue weighted by Gasteiger charge is 2.40. The average molecular weight is 173 g/mol. The lowest BCUT2D eigenvalue weighted by molar-refractivity contribution is -0.166. The van der Waals surface area contributed by atoms with Gasteiger partial charge in [-0.2, -0.15) is 0 Å². The van der Waals surface area contributed by atoms with Crippen LogP contribution in [0.1, 0.15) is 6.92 Å². The molecule has 0 rings (SSSR count). The topological polar surface area (TPSA) is 89.6 Å². The van der Waals surface area contributed by atoms with Crippen LogP contribution < -0.4 is 5.73 Å². The zero-order valence-electron chi connectivity index (χ0n) is 6.96. The first-order valence-electron chi connectivity index (χ1n) is 3.14. The summed E-state index contributed by atoms with van der Waals surface area (Å²) in [7, 11) is 1.02. The van der Waals surface area contributed by atoms with Gasteiger partial charge in [0.2, 0.25) is 5.78 Å². The standard InChI is InChI=1S/C7H11NO4/c1-4(2)5(9)7(8,11)6(10)12-3/h11H,1,8H2,2-3H3. The molecule has 0 fully saturated rings.